The Morgan fingerprint density at radius 2 is 1.89 bits per heavy atom. The molecular weight excluding hydrogens is 383 g/mol. The maximum Gasteiger partial charge on any atom is 0.244 e. The molecule has 0 saturated carbocycles. The summed E-state index contributed by atoms with van der Waals surface area (Å²) in [7, 11) is -4.21. The van der Waals surface area contributed by atoms with E-state index in [-0.39, 0.29) is 18.4 Å². The second-order valence-corrected chi connectivity index (χ2v) is 8.44. The zero-order valence-corrected chi connectivity index (χ0v) is 16.4. The zero-order valence-electron chi connectivity index (χ0n) is 15.5. The second kappa shape index (κ2) is 8.81. The molecule has 6 nitrogen and oxygen atoms in total. The molecule has 1 aliphatic rings. The minimum Gasteiger partial charge on any atom is -0.375 e. The minimum absolute atomic E-state index is 0.127. The average molecular weight is 406 g/mol. The first-order chi connectivity index (χ1) is 13.4. The highest BCUT2D eigenvalue weighted by atomic mass is 32.2. The fourth-order valence-corrected chi connectivity index (χ4v) is 4.45. The number of rotatable bonds is 6. The summed E-state index contributed by atoms with van der Waals surface area (Å²) in [6, 6.07) is 13.2. The molecule has 8 heteroatoms. The van der Waals surface area contributed by atoms with Crippen molar-refractivity contribution in [3.8, 4) is 0 Å². The van der Waals surface area contributed by atoms with Crippen molar-refractivity contribution in [2.75, 3.05) is 19.7 Å². The van der Waals surface area contributed by atoms with Gasteiger partial charge in [0.2, 0.25) is 15.9 Å². The molecule has 1 heterocycles. The zero-order chi connectivity index (χ0) is 20.1. The number of halogens is 1. The van der Waals surface area contributed by atoms with E-state index < -0.39 is 26.8 Å². The Kier molecular flexibility index (Phi) is 6.43. The van der Waals surface area contributed by atoms with Crippen molar-refractivity contribution in [3.05, 3.63) is 66.0 Å². The maximum absolute atomic E-state index is 14.0. The van der Waals surface area contributed by atoms with Crippen molar-refractivity contribution in [1.29, 1.82) is 0 Å². The first-order valence-corrected chi connectivity index (χ1v) is 10.6. The summed E-state index contributed by atoms with van der Waals surface area (Å²) in [5.41, 5.74) is 0.804. The number of carbonyl (C=O) groups is 1. The molecule has 0 unspecified atom stereocenters. The van der Waals surface area contributed by atoms with E-state index in [0.29, 0.717) is 19.7 Å². The molecule has 1 fully saturated rings. The van der Waals surface area contributed by atoms with E-state index in [9.17, 15) is 17.6 Å². The van der Waals surface area contributed by atoms with Gasteiger partial charge in [-0.3, -0.25) is 4.79 Å². The van der Waals surface area contributed by atoms with Gasteiger partial charge in [0.25, 0.3) is 0 Å². The van der Waals surface area contributed by atoms with E-state index in [4.69, 9.17) is 4.74 Å². The first-order valence-electron chi connectivity index (χ1n) is 9.08. The molecule has 0 aromatic heterocycles. The van der Waals surface area contributed by atoms with Crippen LogP contribution in [0.3, 0.4) is 0 Å². The molecule has 0 radical (unpaired) electrons. The smallest absolute Gasteiger partial charge is 0.244 e. The summed E-state index contributed by atoms with van der Waals surface area (Å²) in [6.45, 7) is 3.02. The van der Waals surface area contributed by atoms with Gasteiger partial charge in [0, 0.05) is 13.1 Å². The molecule has 0 bridgehead atoms. The van der Waals surface area contributed by atoms with Crippen LogP contribution in [0.1, 0.15) is 12.5 Å². The number of nitrogens with one attached hydrogen (secondary N) is 1. The number of benzene rings is 2. The van der Waals surface area contributed by atoms with Gasteiger partial charge in [0.1, 0.15) is 16.8 Å². The molecule has 3 rings (SSSR count). The number of hydrogen-bond acceptors (Lipinski definition) is 4. The standard InChI is InChI=1S/C20H23FN2O4S/c1-15-14-23(11-12-27-15)20(24)18(13-16-7-3-2-4-8-16)22-28(25,26)19-10-6-5-9-17(19)21/h2-10,15,18,22H,11-14H2,1H3/t15-,18-/m0/s1. The Hall–Kier alpha value is -2.29. The Morgan fingerprint density at radius 1 is 1.21 bits per heavy atom. The van der Waals surface area contributed by atoms with E-state index in [1.54, 1.807) is 4.90 Å². The lowest BCUT2D eigenvalue weighted by atomic mass is 10.1. The van der Waals surface area contributed by atoms with Gasteiger partial charge in [-0.25, -0.2) is 12.8 Å². The van der Waals surface area contributed by atoms with Crippen LogP contribution in [0.2, 0.25) is 0 Å². The van der Waals surface area contributed by atoms with Crippen LogP contribution in [-0.2, 0) is 26.0 Å². The van der Waals surface area contributed by atoms with Crippen LogP contribution in [0, 0.1) is 5.82 Å². The number of ether oxygens (including phenoxy) is 1. The monoisotopic (exact) mass is 406 g/mol. The van der Waals surface area contributed by atoms with Crippen molar-refractivity contribution in [3.63, 3.8) is 0 Å². The van der Waals surface area contributed by atoms with Crippen molar-refractivity contribution in [2.24, 2.45) is 0 Å². The Labute approximate surface area is 164 Å². The molecule has 2 atom stereocenters. The number of morpholine rings is 1. The third kappa shape index (κ3) is 4.95. The number of hydrogen-bond donors (Lipinski definition) is 1. The number of carbonyl (C=O) groups excluding carboxylic acids is 1. The van der Waals surface area contributed by atoms with Crippen LogP contribution >= 0.6 is 0 Å². The van der Waals surface area contributed by atoms with E-state index in [1.807, 2.05) is 37.3 Å². The summed E-state index contributed by atoms with van der Waals surface area (Å²) in [4.78, 5) is 14.2. The molecule has 28 heavy (non-hydrogen) atoms. The fraction of sp³-hybridized carbons (Fsp3) is 0.350. The molecule has 2 aromatic carbocycles. The maximum atomic E-state index is 14.0. The van der Waals surface area contributed by atoms with Gasteiger partial charge in [-0.1, -0.05) is 42.5 Å². The lowest BCUT2D eigenvalue weighted by Gasteiger charge is -2.34. The van der Waals surface area contributed by atoms with Gasteiger partial charge >= 0.3 is 0 Å². The number of amides is 1. The van der Waals surface area contributed by atoms with E-state index >= 15 is 0 Å². The molecular formula is C20H23FN2O4S. The highest BCUT2D eigenvalue weighted by molar-refractivity contribution is 7.89. The first kappa shape index (κ1) is 20.4. The molecule has 1 N–H and O–H groups in total. The second-order valence-electron chi connectivity index (χ2n) is 6.76. The van der Waals surface area contributed by atoms with E-state index in [2.05, 4.69) is 4.72 Å². The van der Waals surface area contributed by atoms with Crippen molar-refractivity contribution in [2.45, 2.75) is 30.4 Å². The third-order valence-corrected chi connectivity index (χ3v) is 6.06. The molecule has 0 aliphatic carbocycles. The summed E-state index contributed by atoms with van der Waals surface area (Å²) in [5, 5.41) is 0. The highest BCUT2D eigenvalue weighted by Gasteiger charge is 2.32. The lowest BCUT2D eigenvalue weighted by molar-refractivity contribution is -0.139. The van der Waals surface area contributed by atoms with Crippen molar-refractivity contribution >= 4 is 15.9 Å². The van der Waals surface area contributed by atoms with Crippen molar-refractivity contribution in [1.82, 2.24) is 9.62 Å². The van der Waals surface area contributed by atoms with Crippen LogP contribution in [0.4, 0.5) is 4.39 Å². The van der Waals surface area contributed by atoms with Gasteiger partial charge < -0.3 is 9.64 Å². The van der Waals surface area contributed by atoms with E-state index in [0.717, 1.165) is 11.6 Å². The quantitative estimate of drug-likeness (QED) is 0.796. The van der Waals surface area contributed by atoms with Crippen LogP contribution in [0.5, 0.6) is 0 Å². The van der Waals surface area contributed by atoms with Gasteiger partial charge in [0.15, 0.2) is 0 Å². The van der Waals surface area contributed by atoms with Gasteiger partial charge in [-0.05, 0) is 31.0 Å². The molecule has 1 aliphatic heterocycles. The molecule has 1 saturated heterocycles. The van der Waals surface area contributed by atoms with Gasteiger partial charge in [-0.15, -0.1) is 0 Å². The Bertz CT molecular complexity index is 921. The average Bonchev–Trinajstić information content (AvgIpc) is 2.68. The van der Waals surface area contributed by atoms with Gasteiger partial charge in [0.05, 0.1) is 12.7 Å². The predicted molar refractivity (Wildman–Crippen MR) is 103 cm³/mol. The predicted octanol–water partition coefficient (Wildman–Crippen LogP) is 1.96. The Morgan fingerprint density at radius 3 is 2.57 bits per heavy atom. The SMILES string of the molecule is C[C@H]1CN(C(=O)[C@H](Cc2ccccc2)NS(=O)(=O)c2ccccc2F)CCO1. The molecule has 150 valence electrons. The normalized spacial score (nSPS) is 18.6. The summed E-state index contributed by atoms with van der Waals surface area (Å²) in [6.07, 6.45) is 0.0391. The largest absolute Gasteiger partial charge is 0.375 e. The number of sulfonamides is 1. The summed E-state index contributed by atoms with van der Waals surface area (Å²) < 4.78 is 47.4. The third-order valence-electron chi connectivity index (χ3n) is 4.56. The van der Waals surface area contributed by atoms with Crippen LogP contribution in [-0.4, -0.2) is 51.1 Å². The Balaban J connectivity index is 1.87. The lowest BCUT2D eigenvalue weighted by Crippen LogP contribution is -2.54. The van der Waals surface area contributed by atoms with Crippen LogP contribution < -0.4 is 4.72 Å². The fourth-order valence-electron chi connectivity index (χ4n) is 3.18. The van der Waals surface area contributed by atoms with Crippen molar-refractivity contribution < 1.29 is 22.3 Å². The van der Waals surface area contributed by atoms with Crippen LogP contribution in [0.15, 0.2) is 59.5 Å². The molecule has 0 spiro atoms. The van der Waals surface area contributed by atoms with Gasteiger partial charge in [-0.2, -0.15) is 4.72 Å². The van der Waals surface area contributed by atoms with E-state index in [1.165, 1.54) is 18.2 Å². The molecule has 1 amide bonds. The minimum atomic E-state index is -4.21. The summed E-state index contributed by atoms with van der Waals surface area (Å²) >= 11 is 0. The summed E-state index contributed by atoms with van der Waals surface area (Å²) in [5.74, 6) is -1.21. The number of nitrogens with zero attached hydrogens (tertiary/aromatic N) is 1. The van der Waals surface area contributed by atoms with Crippen LogP contribution in [0.25, 0.3) is 0 Å². The highest BCUT2D eigenvalue weighted by Crippen LogP contribution is 2.16. The topological polar surface area (TPSA) is 75.7 Å². The molecule has 2 aromatic rings.